The fourth-order valence-corrected chi connectivity index (χ4v) is 3.19. The molecule has 2 aromatic carbocycles. The maximum Gasteiger partial charge on any atom is 0.348 e. The third kappa shape index (κ3) is 1.96. The summed E-state index contributed by atoms with van der Waals surface area (Å²) in [5.41, 5.74) is 2.67. The molecular formula is C18H13FN4O. The largest absolute Gasteiger partial charge is 0.348 e. The lowest BCUT2D eigenvalue weighted by atomic mass is 10.1. The van der Waals surface area contributed by atoms with Gasteiger partial charge in [0.2, 0.25) is 0 Å². The van der Waals surface area contributed by atoms with Crippen LogP contribution < -0.4 is 5.69 Å². The van der Waals surface area contributed by atoms with Crippen molar-refractivity contribution in [2.45, 2.75) is 18.8 Å². The van der Waals surface area contributed by atoms with E-state index in [0.29, 0.717) is 23.0 Å². The molecule has 4 aromatic rings. The number of fused-ring (bicyclic) bond motifs is 3. The topological polar surface area (TPSA) is 63.0 Å². The van der Waals surface area contributed by atoms with E-state index in [9.17, 15) is 9.18 Å². The minimum Gasteiger partial charge on any atom is -0.305 e. The standard InChI is InChI=1S/C18H13FN4O/c19-12-4-1-3-11(9-12)16-21-17-15-13(10-7-8-10)5-2-6-14(15)20-18(24)23(17)22-16/h1-6,9-10H,7-8H2,(H,20,24). The third-order valence-corrected chi connectivity index (χ3v) is 4.46. The zero-order chi connectivity index (χ0) is 16.3. The molecule has 0 saturated heterocycles. The first kappa shape index (κ1) is 13.4. The lowest BCUT2D eigenvalue weighted by molar-refractivity contribution is 0.628. The van der Waals surface area contributed by atoms with Crippen LogP contribution in [0.4, 0.5) is 4.39 Å². The smallest absolute Gasteiger partial charge is 0.305 e. The molecule has 0 bridgehead atoms. The monoisotopic (exact) mass is 320 g/mol. The summed E-state index contributed by atoms with van der Waals surface area (Å²) in [7, 11) is 0. The van der Waals surface area contributed by atoms with Crippen LogP contribution in [0.3, 0.4) is 0 Å². The molecule has 1 N–H and O–H groups in total. The van der Waals surface area contributed by atoms with Crippen molar-refractivity contribution in [1.82, 2.24) is 19.6 Å². The van der Waals surface area contributed by atoms with E-state index in [4.69, 9.17) is 0 Å². The van der Waals surface area contributed by atoms with Gasteiger partial charge in [-0.15, -0.1) is 5.10 Å². The van der Waals surface area contributed by atoms with Crippen molar-refractivity contribution in [1.29, 1.82) is 0 Å². The van der Waals surface area contributed by atoms with Gasteiger partial charge < -0.3 is 4.98 Å². The average molecular weight is 320 g/mol. The van der Waals surface area contributed by atoms with Crippen LogP contribution in [0.15, 0.2) is 47.3 Å². The van der Waals surface area contributed by atoms with Crippen molar-refractivity contribution in [3.05, 3.63) is 64.3 Å². The molecule has 24 heavy (non-hydrogen) atoms. The summed E-state index contributed by atoms with van der Waals surface area (Å²) in [6.45, 7) is 0. The minimum atomic E-state index is -0.358. The molecule has 0 amide bonds. The summed E-state index contributed by atoms with van der Waals surface area (Å²) < 4.78 is 14.8. The van der Waals surface area contributed by atoms with Gasteiger partial charge in [-0.1, -0.05) is 24.3 Å². The fraction of sp³-hybridized carbons (Fsp3) is 0.167. The molecule has 2 heterocycles. The summed E-state index contributed by atoms with van der Waals surface area (Å²) in [5, 5.41) is 5.22. The summed E-state index contributed by atoms with van der Waals surface area (Å²) in [6.07, 6.45) is 2.30. The Balaban J connectivity index is 1.86. The van der Waals surface area contributed by atoms with Gasteiger partial charge in [0.05, 0.1) is 5.52 Å². The third-order valence-electron chi connectivity index (χ3n) is 4.46. The number of nitrogens with zero attached hydrogens (tertiary/aromatic N) is 3. The number of hydrogen-bond donors (Lipinski definition) is 1. The van der Waals surface area contributed by atoms with Crippen LogP contribution in [0.25, 0.3) is 27.9 Å². The first-order valence-corrected chi connectivity index (χ1v) is 7.88. The van der Waals surface area contributed by atoms with E-state index in [2.05, 4.69) is 21.1 Å². The van der Waals surface area contributed by atoms with Gasteiger partial charge in [0.15, 0.2) is 11.5 Å². The molecule has 1 aliphatic carbocycles. The molecule has 0 spiro atoms. The van der Waals surface area contributed by atoms with E-state index in [-0.39, 0.29) is 11.5 Å². The van der Waals surface area contributed by atoms with Crippen molar-refractivity contribution in [3.8, 4) is 11.4 Å². The van der Waals surface area contributed by atoms with Gasteiger partial charge in [-0.2, -0.15) is 4.52 Å². The summed E-state index contributed by atoms with van der Waals surface area (Å²) in [6, 6.07) is 12.0. The van der Waals surface area contributed by atoms with Gasteiger partial charge in [-0.25, -0.2) is 14.2 Å². The molecule has 5 rings (SSSR count). The van der Waals surface area contributed by atoms with E-state index in [1.54, 1.807) is 12.1 Å². The Morgan fingerprint density at radius 1 is 1.17 bits per heavy atom. The van der Waals surface area contributed by atoms with Gasteiger partial charge in [-0.05, 0) is 42.5 Å². The van der Waals surface area contributed by atoms with Crippen LogP contribution in [-0.2, 0) is 0 Å². The van der Waals surface area contributed by atoms with E-state index in [1.165, 1.54) is 22.2 Å². The number of hydrogen-bond acceptors (Lipinski definition) is 3. The fourth-order valence-electron chi connectivity index (χ4n) is 3.19. The van der Waals surface area contributed by atoms with Gasteiger partial charge in [0.1, 0.15) is 5.82 Å². The Labute approximate surface area is 135 Å². The van der Waals surface area contributed by atoms with Crippen LogP contribution in [-0.4, -0.2) is 19.6 Å². The molecule has 0 unspecified atom stereocenters. The SMILES string of the molecule is O=c1[nH]c2cccc(C3CC3)c2c2nc(-c3cccc(F)c3)nn12. The summed E-state index contributed by atoms with van der Waals surface area (Å²) in [5.74, 6) is 0.500. The number of H-pyrrole nitrogens is 1. The molecule has 0 radical (unpaired) electrons. The second-order valence-electron chi connectivity index (χ2n) is 6.16. The number of aromatic amines is 1. The predicted molar refractivity (Wildman–Crippen MR) is 88.5 cm³/mol. The molecule has 6 heteroatoms. The molecule has 0 atom stereocenters. The Morgan fingerprint density at radius 3 is 2.79 bits per heavy atom. The molecular weight excluding hydrogens is 307 g/mol. The van der Waals surface area contributed by atoms with Crippen molar-refractivity contribution in [3.63, 3.8) is 0 Å². The number of aromatic nitrogens is 4. The molecule has 1 saturated carbocycles. The highest BCUT2D eigenvalue weighted by Crippen LogP contribution is 2.43. The predicted octanol–water partition coefficient (Wildman–Crippen LogP) is 3.25. The maximum atomic E-state index is 13.5. The Kier molecular flexibility index (Phi) is 2.65. The normalized spacial score (nSPS) is 14.5. The van der Waals surface area contributed by atoms with E-state index >= 15 is 0 Å². The summed E-state index contributed by atoms with van der Waals surface area (Å²) >= 11 is 0. The second-order valence-corrected chi connectivity index (χ2v) is 6.16. The van der Waals surface area contributed by atoms with Crippen molar-refractivity contribution in [2.75, 3.05) is 0 Å². The van der Waals surface area contributed by atoms with E-state index < -0.39 is 0 Å². The Morgan fingerprint density at radius 2 is 2.00 bits per heavy atom. The van der Waals surface area contributed by atoms with Gasteiger partial charge in [0.25, 0.3) is 0 Å². The highest BCUT2D eigenvalue weighted by molar-refractivity contribution is 5.95. The lowest BCUT2D eigenvalue weighted by Gasteiger charge is -2.05. The average Bonchev–Trinajstić information content (AvgIpc) is 3.32. The maximum absolute atomic E-state index is 13.5. The second kappa shape index (κ2) is 4.74. The van der Waals surface area contributed by atoms with Crippen LogP contribution in [0.5, 0.6) is 0 Å². The van der Waals surface area contributed by atoms with Gasteiger partial charge in [0, 0.05) is 10.9 Å². The Bertz CT molecular complexity index is 1160. The number of benzene rings is 2. The molecule has 5 nitrogen and oxygen atoms in total. The molecule has 1 fully saturated rings. The van der Waals surface area contributed by atoms with Crippen molar-refractivity contribution in [2.24, 2.45) is 0 Å². The molecule has 118 valence electrons. The van der Waals surface area contributed by atoms with Crippen LogP contribution >= 0.6 is 0 Å². The van der Waals surface area contributed by atoms with E-state index in [1.807, 2.05) is 12.1 Å². The first-order valence-electron chi connectivity index (χ1n) is 7.88. The summed E-state index contributed by atoms with van der Waals surface area (Å²) in [4.78, 5) is 19.7. The number of rotatable bonds is 2. The van der Waals surface area contributed by atoms with Crippen molar-refractivity contribution < 1.29 is 4.39 Å². The molecule has 0 aliphatic heterocycles. The zero-order valence-electron chi connectivity index (χ0n) is 12.7. The van der Waals surface area contributed by atoms with Gasteiger partial charge in [-0.3, -0.25) is 0 Å². The zero-order valence-corrected chi connectivity index (χ0v) is 12.7. The van der Waals surface area contributed by atoms with Crippen LogP contribution in [0, 0.1) is 5.82 Å². The quantitative estimate of drug-likeness (QED) is 0.616. The number of halogens is 1. The highest BCUT2D eigenvalue weighted by Gasteiger charge is 2.27. The van der Waals surface area contributed by atoms with E-state index in [0.717, 1.165) is 23.7 Å². The van der Waals surface area contributed by atoms with Crippen molar-refractivity contribution >= 4 is 16.6 Å². The molecule has 1 aliphatic rings. The van der Waals surface area contributed by atoms with Gasteiger partial charge >= 0.3 is 5.69 Å². The molecule has 2 aromatic heterocycles. The number of nitrogens with one attached hydrogen (secondary N) is 1. The minimum absolute atomic E-state index is 0.345. The first-order chi connectivity index (χ1) is 11.7. The Hall–Kier alpha value is -3.02. The highest BCUT2D eigenvalue weighted by atomic mass is 19.1. The van der Waals surface area contributed by atoms with Crippen LogP contribution in [0.1, 0.15) is 24.3 Å². The van der Waals surface area contributed by atoms with Crippen LogP contribution in [0.2, 0.25) is 0 Å². The lowest BCUT2D eigenvalue weighted by Crippen LogP contribution is -2.17.